The molecule has 4 nitrogen and oxygen atoms in total. The fraction of sp³-hybridized carbons (Fsp3) is 0.188. The Labute approximate surface area is 119 Å². The second kappa shape index (κ2) is 6.10. The lowest BCUT2D eigenvalue weighted by Crippen LogP contribution is -2.28. The molecule has 0 bridgehead atoms. The second-order valence-corrected chi connectivity index (χ2v) is 4.64. The molecular formula is C16H19N3O. The molecule has 0 aliphatic heterocycles. The largest absolute Gasteiger partial charge is 0.497 e. The molecule has 0 fully saturated rings. The van der Waals surface area contributed by atoms with Crippen molar-refractivity contribution in [3.63, 3.8) is 0 Å². The summed E-state index contributed by atoms with van der Waals surface area (Å²) < 4.78 is 5.17. The summed E-state index contributed by atoms with van der Waals surface area (Å²) in [5.74, 6) is 1.19. The minimum Gasteiger partial charge on any atom is -0.497 e. The maximum absolute atomic E-state index is 7.90. The third kappa shape index (κ3) is 3.09. The number of guanidine groups is 1. The molecule has 0 aromatic heterocycles. The van der Waals surface area contributed by atoms with E-state index in [0.29, 0.717) is 5.96 Å². The molecule has 0 amide bonds. The summed E-state index contributed by atoms with van der Waals surface area (Å²) in [6.45, 7) is 0. The van der Waals surface area contributed by atoms with Gasteiger partial charge in [0.25, 0.3) is 0 Å². The molecule has 0 saturated carbocycles. The molecule has 2 aromatic rings. The smallest absolute Gasteiger partial charge is 0.195 e. The zero-order valence-electron chi connectivity index (χ0n) is 12.0. The van der Waals surface area contributed by atoms with E-state index in [0.717, 1.165) is 22.6 Å². The van der Waals surface area contributed by atoms with E-state index in [1.54, 1.807) is 12.0 Å². The van der Waals surface area contributed by atoms with Crippen LogP contribution in [0.3, 0.4) is 0 Å². The van der Waals surface area contributed by atoms with Crippen LogP contribution in [0.25, 0.3) is 11.1 Å². The molecule has 0 aliphatic rings. The Morgan fingerprint density at radius 2 is 1.70 bits per heavy atom. The average Bonchev–Trinajstić information content (AvgIpc) is 2.48. The van der Waals surface area contributed by atoms with Crippen molar-refractivity contribution in [2.45, 2.75) is 0 Å². The van der Waals surface area contributed by atoms with Crippen molar-refractivity contribution in [1.82, 2.24) is 4.90 Å². The van der Waals surface area contributed by atoms with Gasteiger partial charge in [-0.2, -0.15) is 0 Å². The number of methoxy groups -OCH3 is 1. The van der Waals surface area contributed by atoms with E-state index >= 15 is 0 Å². The maximum Gasteiger partial charge on any atom is 0.195 e. The van der Waals surface area contributed by atoms with E-state index in [1.165, 1.54) is 0 Å². The molecule has 0 unspecified atom stereocenters. The zero-order chi connectivity index (χ0) is 14.5. The minimum absolute atomic E-state index is 0.353. The van der Waals surface area contributed by atoms with Gasteiger partial charge in [-0.1, -0.05) is 30.3 Å². The van der Waals surface area contributed by atoms with Gasteiger partial charge in [-0.3, -0.25) is 5.41 Å². The summed E-state index contributed by atoms with van der Waals surface area (Å²) in [7, 11) is 5.33. The summed E-state index contributed by atoms with van der Waals surface area (Å²) in [5, 5.41) is 11.0. The third-order valence-electron chi connectivity index (χ3n) is 3.03. The van der Waals surface area contributed by atoms with Crippen molar-refractivity contribution in [3.05, 3.63) is 48.5 Å². The minimum atomic E-state index is 0.353. The van der Waals surface area contributed by atoms with Gasteiger partial charge in [-0.15, -0.1) is 0 Å². The summed E-state index contributed by atoms with van der Waals surface area (Å²) in [6, 6.07) is 15.8. The van der Waals surface area contributed by atoms with Gasteiger partial charge < -0.3 is 15.0 Å². The number of benzene rings is 2. The highest BCUT2D eigenvalue weighted by Gasteiger charge is 2.07. The summed E-state index contributed by atoms with van der Waals surface area (Å²) >= 11 is 0. The number of hydrogen-bond acceptors (Lipinski definition) is 2. The molecule has 4 heteroatoms. The van der Waals surface area contributed by atoms with E-state index < -0.39 is 0 Å². The first-order chi connectivity index (χ1) is 9.61. The Morgan fingerprint density at radius 3 is 2.30 bits per heavy atom. The third-order valence-corrected chi connectivity index (χ3v) is 3.03. The Kier molecular flexibility index (Phi) is 4.25. The molecule has 104 valence electrons. The molecule has 2 N–H and O–H groups in total. The van der Waals surface area contributed by atoms with Crippen LogP contribution in [-0.4, -0.2) is 32.1 Å². The topological polar surface area (TPSA) is 48.4 Å². The first kappa shape index (κ1) is 13.9. The quantitative estimate of drug-likeness (QED) is 0.664. The van der Waals surface area contributed by atoms with Crippen molar-refractivity contribution in [3.8, 4) is 16.9 Å². The number of nitrogens with zero attached hydrogens (tertiary/aromatic N) is 1. The molecule has 0 spiro atoms. The number of para-hydroxylation sites is 1. The van der Waals surface area contributed by atoms with Crippen molar-refractivity contribution >= 4 is 11.6 Å². The number of ether oxygens (including phenoxy) is 1. The van der Waals surface area contributed by atoms with E-state index in [-0.39, 0.29) is 0 Å². The van der Waals surface area contributed by atoms with Gasteiger partial charge >= 0.3 is 0 Å². The van der Waals surface area contributed by atoms with Crippen LogP contribution >= 0.6 is 0 Å². The predicted octanol–water partition coefficient (Wildman–Crippen LogP) is 3.27. The number of hydrogen-bond donors (Lipinski definition) is 2. The van der Waals surface area contributed by atoms with Gasteiger partial charge in [0.05, 0.1) is 7.11 Å². The van der Waals surface area contributed by atoms with Crippen LogP contribution in [-0.2, 0) is 0 Å². The van der Waals surface area contributed by atoms with Crippen LogP contribution in [0.4, 0.5) is 5.69 Å². The molecule has 2 rings (SSSR count). The Morgan fingerprint density at radius 1 is 1.05 bits per heavy atom. The van der Waals surface area contributed by atoms with Crippen molar-refractivity contribution in [1.29, 1.82) is 5.41 Å². The Bertz CT molecular complexity index is 591. The highest BCUT2D eigenvalue weighted by Crippen LogP contribution is 2.29. The normalized spacial score (nSPS) is 9.95. The average molecular weight is 269 g/mol. The molecule has 0 saturated heterocycles. The second-order valence-electron chi connectivity index (χ2n) is 4.64. The molecular weight excluding hydrogens is 250 g/mol. The zero-order valence-corrected chi connectivity index (χ0v) is 12.0. The van der Waals surface area contributed by atoms with Crippen LogP contribution in [0.2, 0.25) is 0 Å². The first-order valence-corrected chi connectivity index (χ1v) is 6.38. The predicted molar refractivity (Wildman–Crippen MR) is 83.5 cm³/mol. The summed E-state index contributed by atoms with van der Waals surface area (Å²) in [4.78, 5) is 1.73. The van der Waals surface area contributed by atoms with Crippen LogP contribution in [0.15, 0.2) is 48.5 Å². The summed E-state index contributed by atoms with van der Waals surface area (Å²) in [5.41, 5.74) is 3.05. The van der Waals surface area contributed by atoms with Crippen molar-refractivity contribution < 1.29 is 4.74 Å². The van der Waals surface area contributed by atoms with Gasteiger partial charge in [-0.25, -0.2) is 0 Å². The van der Waals surface area contributed by atoms with Gasteiger partial charge in [0.2, 0.25) is 0 Å². The number of anilines is 1. The highest BCUT2D eigenvalue weighted by atomic mass is 16.5. The monoisotopic (exact) mass is 269 g/mol. The number of nitrogens with one attached hydrogen (secondary N) is 2. The van der Waals surface area contributed by atoms with Crippen LogP contribution in [0.1, 0.15) is 0 Å². The van der Waals surface area contributed by atoms with E-state index in [1.807, 2.05) is 62.6 Å². The number of rotatable bonds is 3. The van der Waals surface area contributed by atoms with E-state index in [2.05, 4.69) is 5.32 Å². The Hall–Kier alpha value is -2.49. The molecule has 0 radical (unpaired) electrons. The van der Waals surface area contributed by atoms with Gasteiger partial charge in [-0.05, 0) is 23.8 Å². The van der Waals surface area contributed by atoms with E-state index in [4.69, 9.17) is 10.1 Å². The molecule has 2 aromatic carbocycles. The van der Waals surface area contributed by atoms with Crippen LogP contribution in [0, 0.1) is 5.41 Å². The first-order valence-electron chi connectivity index (χ1n) is 6.38. The van der Waals surface area contributed by atoms with Gasteiger partial charge in [0, 0.05) is 25.3 Å². The molecule has 0 atom stereocenters. The SMILES string of the molecule is COc1ccc(-c2ccccc2NC(=N)N(C)C)cc1. The fourth-order valence-electron chi connectivity index (χ4n) is 1.85. The van der Waals surface area contributed by atoms with Gasteiger partial charge in [0.15, 0.2) is 5.96 Å². The maximum atomic E-state index is 7.90. The lowest BCUT2D eigenvalue weighted by atomic mass is 10.0. The molecule has 0 aliphatic carbocycles. The van der Waals surface area contributed by atoms with Crippen molar-refractivity contribution in [2.24, 2.45) is 0 Å². The van der Waals surface area contributed by atoms with Gasteiger partial charge in [0.1, 0.15) is 5.75 Å². The van der Waals surface area contributed by atoms with Crippen molar-refractivity contribution in [2.75, 3.05) is 26.5 Å². The fourth-order valence-corrected chi connectivity index (χ4v) is 1.85. The highest BCUT2D eigenvalue weighted by molar-refractivity contribution is 5.95. The lowest BCUT2D eigenvalue weighted by molar-refractivity contribution is 0.415. The molecule has 0 heterocycles. The standard InChI is InChI=1S/C16H19N3O/c1-19(2)16(17)18-15-7-5-4-6-14(15)12-8-10-13(20-3)11-9-12/h4-11H,1-3H3,(H2,17,18). The van der Waals surface area contributed by atoms with Crippen LogP contribution < -0.4 is 10.1 Å². The Balaban J connectivity index is 2.33. The lowest BCUT2D eigenvalue weighted by Gasteiger charge is -2.18. The van der Waals surface area contributed by atoms with Crippen LogP contribution in [0.5, 0.6) is 5.75 Å². The van der Waals surface area contributed by atoms with E-state index in [9.17, 15) is 0 Å². The summed E-state index contributed by atoms with van der Waals surface area (Å²) in [6.07, 6.45) is 0. The molecule has 20 heavy (non-hydrogen) atoms.